The van der Waals surface area contributed by atoms with Crippen LogP contribution in [0.15, 0.2) is 29.8 Å². The van der Waals surface area contributed by atoms with E-state index in [0.717, 1.165) is 34.4 Å². The number of halogens is 1. The zero-order valence-corrected chi connectivity index (χ0v) is 12.5. The summed E-state index contributed by atoms with van der Waals surface area (Å²) in [5.41, 5.74) is 1.70. The highest BCUT2D eigenvalue weighted by Gasteiger charge is 2.14. The number of pyridine rings is 1. The molecule has 0 radical (unpaired) electrons. The van der Waals surface area contributed by atoms with Crippen LogP contribution >= 0.6 is 23.4 Å². The molecule has 3 aromatic heterocycles. The molecular weight excluding hydrogens is 296 g/mol. The minimum Gasteiger partial charge on any atom is -0.305 e. The number of rotatable bonds is 5. The molecule has 0 amide bonds. The quantitative estimate of drug-likeness (QED) is 0.411. The smallest absolute Gasteiger partial charge is 0.191 e. The van der Waals surface area contributed by atoms with E-state index in [0.29, 0.717) is 5.88 Å². The second kappa shape index (κ2) is 5.80. The van der Waals surface area contributed by atoms with Crippen LogP contribution in [0.5, 0.6) is 0 Å². The molecule has 20 heavy (non-hydrogen) atoms. The summed E-state index contributed by atoms with van der Waals surface area (Å²) in [6, 6.07) is 3.92. The van der Waals surface area contributed by atoms with E-state index in [2.05, 4.69) is 20.4 Å². The molecule has 0 fully saturated rings. The average Bonchev–Trinajstić information content (AvgIpc) is 3.06. The van der Waals surface area contributed by atoms with Gasteiger partial charge in [-0.15, -0.1) is 32.0 Å². The van der Waals surface area contributed by atoms with Crippen LogP contribution < -0.4 is 0 Å². The van der Waals surface area contributed by atoms with E-state index in [1.807, 2.05) is 34.3 Å². The number of hydrogen-bond donors (Lipinski definition) is 0. The van der Waals surface area contributed by atoms with Crippen LogP contribution in [-0.4, -0.2) is 41.0 Å². The lowest BCUT2D eigenvalue weighted by atomic mass is 10.2. The molecular formula is C12H13ClN6S. The van der Waals surface area contributed by atoms with Crippen LogP contribution in [0.1, 0.15) is 6.42 Å². The third kappa shape index (κ3) is 2.38. The second-order valence-electron chi connectivity index (χ2n) is 4.24. The molecule has 0 aliphatic carbocycles. The van der Waals surface area contributed by atoms with Gasteiger partial charge in [-0.1, -0.05) is 11.8 Å². The summed E-state index contributed by atoms with van der Waals surface area (Å²) < 4.78 is 3.84. The van der Waals surface area contributed by atoms with Gasteiger partial charge in [0.2, 0.25) is 0 Å². The predicted octanol–water partition coefficient (Wildman–Crippen LogP) is 2.25. The van der Waals surface area contributed by atoms with Gasteiger partial charge in [0.15, 0.2) is 16.6 Å². The first-order valence-electron chi connectivity index (χ1n) is 6.18. The Labute approximate surface area is 125 Å². The Balaban J connectivity index is 1.96. The van der Waals surface area contributed by atoms with E-state index < -0.39 is 0 Å². The van der Waals surface area contributed by atoms with Crippen molar-refractivity contribution >= 4 is 29.0 Å². The molecule has 0 N–H and O–H groups in total. The van der Waals surface area contributed by atoms with Crippen molar-refractivity contribution in [3.8, 4) is 11.4 Å². The minimum atomic E-state index is 0.663. The van der Waals surface area contributed by atoms with E-state index in [1.54, 1.807) is 18.1 Å². The first kappa shape index (κ1) is 13.4. The molecule has 0 saturated carbocycles. The summed E-state index contributed by atoms with van der Waals surface area (Å²) in [4.78, 5) is 0. The van der Waals surface area contributed by atoms with Gasteiger partial charge in [-0.25, -0.2) is 0 Å². The Morgan fingerprint density at radius 3 is 3.05 bits per heavy atom. The van der Waals surface area contributed by atoms with Crippen LogP contribution in [0.4, 0.5) is 0 Å². The van der Waals surface area contributed by atoms with Crippen molar-refractivity contribution in [2.45, 2.75) is 11.6 Å². The van der Waals surface area contributed by atoms with E-state index in [-0.39, 0.29) is 0 Å². The van der Waals surface area contributed by atoms with Crippen LogP contribution in [0.3, 0.4) is 0 Å². The fourth-order valence-electron chi connectivity index (χ4n) is 1.92. The molecule has 0 spiro atoms. The second-order valence-corrected chi connectivity index (χ2v) is 5.68. The van der Waals surface area contributed by atoms with Crippen LogP contribution in [0, 0.1) is 0 Å². The van der Waals surface area contributed by atoms with Crippen LogP contribution in [0.25, 0.3) is 17.0 Å². The Morgan fingerprint density at radius 1 is 1.30 bits per heavy atom. The van der Waals surface area contributed by atoms with Gasteiger partial charge in [0.1, 0.15) is 6.33 Å². The Morgan fingerprint density at radius 2 is 2.20 bits per heavy atom. The van der Waals surface area contributed by atoms with Crippen molar-refractivity contribution in [3.63, 3.8) is 0 Å². The zero-order valence-electron chi connectivity index (χ0n) is 10.9. The maximum Gasteiger partial charge on any atom is 0.191 e. The standard InChI is InChI=1S/C12H13ClN6S/c1-18-10(16-17-12(18)20-7-3-5-13)9-4-2-6-19-8-14-15-11(9)19/h2,4,6,8H,3,5,7H2,1H3. The number of hydrogen-bond acceptors (Lipinski definition) is 5. The monoisotopic (exact) mass is 308 g/mol. The number of alkyl halides is 1. The van der Waals surface area contributed by atoms with Gasteiger partial charge in [0.25, 0.3) is 0 Å². The molecule has 0 bridgehead atoms. The van der Waals surface area contributed by atoms with E-state index >= 15 is 0 Å². The summed E-state index contributed by atoms with van der Waals surface area (Å²) in [6.07, 6.45) is 4.53. The normalized spacial score (nSPS) is 11.3. The third-order valence-corrected chi connectivity index (χ3v) is 4.28. The molecule has 8 heteroatoms. The third-order valence-electron chi connectivity index (χ3n) is 2.91. The number of thioether (sulfide) groups is 1. The minimum absolute atomic E-state index is 0.663. The van der Waals surface area contributed by atoms with Crippen molar-refractivity contribution in [2.24, 2.45) is 7.05 Å². The summed E-state index contributed by atoms with van der Waals surface area (Å²) in [5.74, 6) is 2.39. The van der Waals surface area contributed by atoms with Crippen molar-refractivity contribution in [3.05, 3.63) is 24.7 Å². The summed E-state index contributed by atoms with van der Waals surface area (Å²) >= 11 is 7.34. The highest BCUT2D eigenvalue weighted by molar-refractivity contribution is 7.99. The molecule has 0 atom stereocenters. The fraction of sp³-hybridized carbons (Fsp3) is 0.333. The summed E-state index contributed by atoms with van der Waals surface area (Å²) in [6.45, 7) is 0. The maximum absolute atomic E-state index is 5.69. The van der Waals surface area contributed by atoms with Gasteiger partial charge < -0.3 is 4.57 Å². The fourth-order valence-corrected chi connectivity index (χ4v) is 3.06. The highest BCUT2D eigenvalue weighted by atomic mass is 35.5. The van der Waals surface area contributed by atoms with Crippen molar-refractivity contribution in [1.29, 1.82) is 0 Å². The Hall–Kier alpha value is -1.60. The van der Waals surface area contributed by atoms with Crippen molar-refractivity contribution < 1.29 is 0 Å². The summed E-state index contributed by atoms with van der Waals surface area (Å²) in [5, 5.41) is 17.4. The zero-order chi connectivity index (χ0) is 13.9. The SMILES string of the molecule is Cn1c(SCCCCl)nnc1-c1cccn2cnnc12. The van der Waals surface area contributed by atoms with Gasteiger partial charge in [0.05, 0.1) is 5.56 Å². The molecule has 3 heterocycles. The van der Waals surface area contributed by atoms with Crippen molar-refractivity contribution in [2.75, 3.05) is 11.6 Å². The lowest BCUT2D eigenvalue weighted by Gasteiger charge is -2.04. The van der Waals surface area contributed by atoms with E-state index in [9.17, 15) is 0 Å². The molecule has 3 aromatic rings. The highest BCUT2D eigenvalue weighted by Crippen LogP contribution is 2.25. The van der Waals surface area contributed by atoms with E-state index in [1.165, 1.54) is 0 Å². The van der Waals surface area contributed by atoms with Crippen LogP contribution in [-0.2, 0) is 7.05 Å². The Kier molecular flexibility index (Phi) is 3.88. The molecule has 0 unspecified atom stereocenters. The topological polar surface area (TPSA) is 60.9 Å². The van der Waals surface area contributed by atoms with Gasteiger partial charge in [0, 0.05) is 24.9 Å². The summed E-state index contributed by atoms with van der Waals surface area (Å²) in [7, 11) is 1.96. The van der Waals surface area contributed by atoms with Gasteiger partial charge in [-0.3, -0.25) is 4.40 Å². The predicted molar refractivity (Wildman–Crippen MR) is 79.0 cm³/mol. The molecule has 0 aliphatic heterocycles. The first-order valence-corrected chi connectivity index (χ1v) is 7.70. The van der Waals surface area contributed by atoms with Crippen LogP contribution in [0.2, 0.25) is 0 Å². The van der Waals surface area contributed by atoms with Gasteiger partial charge >= 0.3 is 0 Å². The molecule has 3 rings (SSSR count). The largest absolute Gasteiger partial charge is 0.305 e. The molecule has 6 nitrogen and oxygen atoms in total. The van der Waals surface area contributed by atoms with Crippen molar-refractivity contribution in [1.82, 2.24) is 29.4 Å². The Bertz CT molecular complexity index is 722. The first-order chi connectivity index (χ1) is 9.81. The van der Waals surface area contributed by atoms with E-state index in [4.69, 9.17) is 11.6 Å². The molecule has 104 valence electrons. The maximum atomic E-state index is 5.69. The number of nitrogens with zero attached hydrogens (tertiary/aromatic N) is 6. The van der Waals surface area contributed by atoms with Gasteiger partial charge in [-0.05, 0) is 18.6 Å². The molecule has 0 saturated heterocycles. The lowest BCUT2D eigenvalue weighted by molar-refractivity contribution is 0.793. The van der Waals surface area contributed by atoms with Gasteiger partial charge in [-0.2, -0.15) is 0 Å². The molecule has 0 aromatic carbocycles. The average molecular weight is 309 g/mol. The molecule has 0 aliphatic rings. The lowest BCUT2D eigenvalue weighted by Crippen LogP contribution is -1.97. The number of aromatic nitrogens is 6. The number of fused-ring (bicyclic) bond motifs is 1.